The fourth-order valence-electron chi connectivity index (χ4n) is 2.11. The first-order valence-corrected chi connectivity index (χ1v) is 6.22. The molecule has 2 aromatic carbocycles. The molecule has 0 atom stereocenters. The van der Waals surface area contributed by atoms with Gasteiger partial charge in [0, 0.05) is 0 Å². The molecule has 2 aromatic rings. The molecule has 20 heavy (non-hydrogen) atoms. The predicted molar refractivity (Wildman–Crippen MR) is 75.3 cm³/mol. The molecule has 1 aliphatic heterocycles. The molecule has 3 heteroatoms. The Kier molecular flexibility index (Phi) is 2.85. The second-order valence-corrected chi connectivity index (χ2v) is 4.67. The smallest absolute Gasteiger partial charge is 0.231 e. The molecule has 0 aliphatic carbocycles. The summed E-state index contributed by atoms with van der Waals surface area (Å²) in [5.41, 5.74) is 3.05. The first kappa shape index (κ1) is 12.2. The standard InChI is InChI=1S/C17H11NO2/c1-11-2-7-15-14(8-11)17(19)16(20-15)9-12-3-5-13(10-18)6-4-12/h2-9H,1H3/b16-9-. The topological polar surface area (TPSA) is 50.1 Å². The van der Waals surface area contributed by atoms with E-state index in [1.807, 2.05) is 25.1 Å². The van der Waals surface area contributed by atoms with Crippen LogP contribution < -0.4 is 4.74 Å². The second-order valence-electron chi connectivity index (χ2n) is 4.67. The zero-order valence-electron chi connectivity index (χ0n) is 10.9. The maximum atomic E-state index is 12.2. The molecule has 0 radical (unpaired) electrons. The van der Waals surface area contributed by atoms with Crippen molar-refractivity contribution in [3.8, 4) is 11.8 Å². The lowest BCUT2D eigenvalue weighted by Gasteiger charge is -1.98. The summed E-state index contributed by atoms with van der Waals surface area (Å²) in [4.78, 5) is 12.2. The molecule has 0 saturated carbocycles. The third-order valence-electron chi connectivity index (χ3n) is 3.16. The number of nitrogens with zero attached hydrogens (tertiary/aromatic N) is 1. The maximum absolute atomic E-state index is 12.2. The summed E-state index contributed by atoms with van der Waals surface area (Å²) >= 11 is 0. The van der Waals surface area contributed by atoms with Crippen LogP contribution in [0.5, 0.6) is 5.75 Å². The first-order valence-electron chi connectivity index (χ1n) is 6.22. The van der Waals surface area contributed by atoms with Gasteiger partial charge < -0.3 is 4.74 Å². The van der Waals surface area contributed by atoms with Crippen molar-refractivity contribution in [1.29, 1.82) is 5.26 Å². The van der Waals surface area contributed by atoms with E-state index in [2.05, 4.69) is 6.07 Å². The highest BCUT2D eigenvalue weighted by Gasteiger charge is 2.26. The van der Waals surface area contributed by atoms with Gasteiger partial charge in [-0.25, -0.2) is 0 Å². The monoisotopic (exact) mass is 261 g/mol. The van der Waals surface area contributed by atoms with Crippen molar-refractivity contribution in [2.45, 2.75) is 6.92 Å². The van der Waals surface area contributed by atoms with Crippen LogP contribution in [0.15, 0.2) is 48.2 Å². The summed E-state index contributed by atoms with van der Waals surface area (Å²) in [7, 11) is 0. The molecule has 0 amide bonds. The predicted octanol–water partition coefficient (Wildman–Crippen LogP) is 3.48. The highest BCUT2D eigenvalue weighted by Crippen LogP contribution is 2.32. The molecule has 0 N–H and O–H groups in total. The molecule has 0 fully saturated rings. The molecule has 0 aromatic heterocycles. The third kappa shape index (κ3) is 2.08. The highest BCUT2D eigenvalue weighted by molar-refractivity contribution is 6.14. The number of aryl methyl sites for hydroxylation is 1. The summed E-state index contributed by atoms with van der Waals surface area (Å²) in [5, 5.41) is 8.75. The molecular weight excluding hydrogens is 250 g/mol. The van der Waals surface area contributed by atoms with E-state index in [1.54, 1.807) is 30.3 Å². The van der Waals surface area contributed by atoms with Crippen LogP contribution in [0, 0.1) is 18.3 Å². The first-order chi connectivity index (χ1) is 9.67. The summed E-state index contributed by atoms with van der Waals surface area (Å²) < 4.78 is 5.58. The lowest BCUT2D eigenvalue weighted by molar-refractivity contribution is 0.101. The largest absolute Gasteiger partial charge is 0.452 e. The van der Waals surface area contributed by atoms with Crippen LogP contribution >= 0.6 is 0 Å². The number of Topliss-reactive ketones (excluding diaryl/α,β-unsaturated/α-hetero) is 1. The van der Waals surface area contributed by atoms with E-state index in [0.29, 0.717) is 22.6 Å². The number of carbonyl (C=O) groups excluding carboxylic acids is 1. The van der Waals surface area contributed by atoms with E-state index in [1.165, 1.54) is 0 Å². The molecule has 0 spiro atoms. The minimum atomic E-state index is -0.104. The summed E-state index contributed by atoms with van der Waals surface area (Å²) in [6.07, 6.45) is 1.69. The normalized spacial score (nSPS) is 14.8. The van der Waals surface area contributed by atoms with Crippen LogP contribution in [0.25, 0.3) is 6.08 Å². The van der Waals surface area contributed by atoms with Crippen LogP contribution in [-0.4, -0.2) is 5.78 Å². The SMILES string of the molecule is Cc1ccc2c(c1)C(=O)/C(=C/c1ccc(C#N)cc1)O2. The third-order valence-corrected chi connectivity index (χ3v) is 3.16. The Hall–Kier alpha value is -2.86. The van der Waals surface area contributed by atoms with Crippen LogP contribution in [0.3, 0.4) is 0 Å². The Labute approximate surface area is 116 Å². The van der Waals surface area contributed by atoms with E-state index in [9.17, 15) is 4.79 Å². The molecule has 0 bridgehead atoms. The van der Waals surface area contributed by atoms with Crippen molar-refractivity contribution in [3.05, 3.63) is 70.5 Å². The maximum Gasteiger partial charge on any atom is 0.231 e. The van der Waals surface area contributed by atoms with Gasteiger partial charge in [0.1, 0.15) is 5.75 Å². The Morgan fingerprint density at radius 1 is 1.15 bits per heavy atom. The quantitative estimate of drug-likeness (QED) is 0.738. The van der Waals surface area contributed by atoms with Gasteiger partial charge in [0.25, 0.3) is 0 Å². The van der Waals surface area contributed by atoms with Crippen molar-refractivity contribution in [1.82, 2.24) is 0 Å². The zero-order valence-corrected chi connectivity index (χ0v) is 10.9. The van der Waals surface area contributed by atoms with Gasteiger partial charge in [-0.2, -0.15) is 5.26 Å². The summed E-state index contributed by atoms with van der Waals surface area (Å²) in [6, 6.07) is 14.6. The lowest BCUT2D eigenvalue weighted by Crippen LogP contribution is -1.98. The van der Waals surface area contributed by atoms with Gasteiger partial charge in [-0.3, -0.25) is 4.79 Å². The van der Waals surface area contributed by atoms with E-state index in [4.69, 9.17) is 10.00 Å². The fourth-order valence-corrected chi connectivity index (χ4v) is 2.11. The average molecular weight is 261 g/mol. The fraction of sp³-hybridized carbons (Fsp3) is 0.0588. The number of nitriles is 1. The molecular formula is C17H11NO2. The van der Waals surface area contributed by atoms with Crippen molar-refractivity contribution in [3.63, 3.8) is 0 Å². The molecule has 0 unspecified atom stereocenters. The van der Waals surface area contributed by atoms with E-state index in [-0.39, 0.29) is 5.78 Å². The van der Waals surface area contributed by atoms with Crippen molar-refractivity contribution in [2.75, 3.05) is 0 Å². The molecule has 3 nitrogen and oxygen atoms in total. The van der Waals surface area contributed by atoms with E-state index >= 15 is 0 Å². The minimum Gasteiger partial charge on any atom is -0.452 e. The zero-order chi connectivity index (χ0) is 14.1. The van der Waals surface area contributed by atoms with E-state index < -0.39 is 0 Å². The second kappa shape index (κ2) is 4.67. The van der Waals surface area contributed by atoms with Gasteiger partial charge in [0.15, 0.2) is 5.76 Å². The van der Waals surface area contributed by atoms with Gasteiger partial charge in [-0.05, 0) is 42.8 Å². The van der Waals surface area contributed by atoms with Gasteiger partial charge >= 0.3 is 0 Å². The van der Waals surface area contributed by atoms with Gasteiger partial charge in [-0.1, -0.05) is 23.8 Å². The number of ether oxygens (including phenoxy) is 1. The molecule has 1 heterocycles. The number of rotatable bonds is 1. The van der Waals surface area contributed by atoms with Crippen molar-refractivity contribution in [2.24, 2.45) is 0 Å². The lowest BCUT2D eigenvalue weighted by atomic mass is 10.1. The number of hydrogen-bond acceptors (Lipinski definition) is 3. The molecule has 1 aliphatic rings. The summed E-state index contributed by atoms with van der Waals surface area (Å²) in [6.45, 7) is 1.94. The number of carbonyl (C=O) groups is 1. The van der Waals surface area contributed by atoms with Gasteiger partial charge in [-0.15, -0.1) is 0 Å². The number of fused-ring (bicyclic) bond motifs is 1. The van der Waals surface area contributed by atoms with Crippen molar-refractivity contribution < 1.29 is 9.53 Å². The highest BCUT2D eigenvalue weighted by atomic mass is 16.5. The van der Waals surface area contributed by atoms with Gasteiger partial charge in [0.05, 0.1) is 17.2 Å². The average Bonchev–Trinajstić information content (AvgIpc) is 2.76. The Morgan fingerprint density at radius 3 is 2.60 bits per heavy atom. The van der Waals surface area contributed by atoms with Crippen LogP contribution in [0.4, 0.5) is 0 Å². The number of benzene rings is 2. The Balaban J connectivity index is 1.95. The molecule has 3 rings (SSSR count). The van der Waals surface area contributed by atoms with Crippen molar-refractivity contribution >= 4 is 11.9 Å². The Morgan fingerprint density at radius 2 is 1.90 bits per heavy atom. The molecule has 0 saturated heterocycles. The Bertz CT molecular complexity index is 765. The van der Waals surface area contributed by atoms with Crippen LogP contribution in [0.2, 0.25) is 0 Å². The van der Waals surface area contributed by atoms with Crippen LogP contribution in [0.1, 0.15) is 27.0 Å². The summed E-state index contributed by atoms with van der Waals surface area (Å²) in [5.74, 6) is 0.809. The number of ketones is 1. The minimum absolute atomic E-state index is 0.104. The van der Waals surface area contributed by atoms with E-state index in [0.717, 1.165) is 11.1 Å². The van der Waals surface area contributed by atoms with Crippen LogP contribution in [-0.2, 0) is 0 Å². The van der Waals surface area contributed by atoms with Gasteiger partial charge in [0.2, 0.25) is 5.78 Å². The molecule has 96 valence electrons. The number of hydrogen-bond donors (Lipinski definition) is 0. The number of allylic oxidation sites excluding steroid dienone is 1.